The molecule has 0 aliphatic carbocycles. The highest BCUT2D eigenvalue weighted by molar-refractivity contribution is 7.45. The molecule has 0 aliphatic rings. The zero-order valence-corrected chi connectivity index (χ0v) is 36.3. The van der Waals surface area contributed by atoms with E-state index in [-0.39, 0.29) is 26.1 Å². The van der Waals surface area contributed by atoms with Crippen molar-refractivity contribution in [3.63, 3.8) is 0 Å². The molecule has 0 aromatic rings. The van der Waals surface area contributed by atoms with Crippen LogP contribution in [0.25, 0.3) is 0 Å². The second kappa shape index (κ2) is 36.8. The Morgan fingerprint density at radius 3 is 1.54 bits per heavy atom. The van der Waals surface area contributed by atoms with E-state index >= 15 is 0 Å². The fourth-order valence-electron chi connectivity index (χ4n) is 5.66. The monoisotopic (exact) mass is 784 g/mol. The van der Waals surface area contributed by atoms with Gasteiger partial charge in [0.25, 0.3) is 7.82 Å². The molecule has 316 valence electrons. The van der Waals surface area contributed by atoms with Gasteiger partial charge in [0.2, 0.25) is 0 Å². The minimum absolute atomic E-state index is 0.0341. The first kappa shape index (κ1) is 52.2. The van der Waals surface area contributed by atoms with Crippen molar-refractivity contribution < 1.29 is 42.1 Å². The van der Waals surface area contributed by atoms with Gasteiger partial charge in [0.15, 0.2) is 6.10 Å². The second-order valence-corrected chi connectivity index (χ2v) is 17.1. The Morgan fingerprint density at radius 2 is 1.02 bits per heavy atom. The van der Waals surface area contributed by atoms with E-state index in [1.165, 1.54) is 89.9 Å². The van der Waals surface area contributed by atoms with Crippen LogP contribution in [0.5, 0.6) is 0 Å². The lowest BCUT2D eigenvalue weighted by Crippen LogP contribution is -2.37. The Hall–Kier alpha value is -1.77. The van der Waals surface area contributed by atoms with Gasteiger partial charge in [-0.3, -0.25) is 14.2 Å². The Balaban J connectivity index is 4.39. The lowest BCUT2D eigenvalue weighted by atomic mass is 10.1. The van der Waals surface area contributed by atoms with Crippen LogP contribution in [-0.4, -0.2) is 70.0 Å². The zero-order chi connectivity index (χ0) is 40.0. The molecule has 0 rings (SSSR count). The number of carbonyl (C=O) groups is 2. The van der Waals surface area contributed by atoms with Crippen molar-refractivity contribution in [1.29, 1.82) is 0 Å². The molecule has 0 spiro atoms. The third-order valence-corrected chi connectivity index (χ3v) is 10.1. The third kappa shape index (κ3) is 39.9. The molecule has 0 saturated carbocycles. The Labute approximate surface area is 331 Å². The first-order chi connectivity index (χ1) is 26.0. The van der Waals surface area contributed by atoms with Crippen molar-refractivity contribution in [3.05, 3.63) is 36.5 Å². The lowest BCUT2D eigenvalue weighted by molar-refractivity contribution is -0.870. The molecule has 0 fully saturated rings. The number of rotatable bonds is 39. The summed E-state index contributed by atoms with van der Waals surface area (Å²) in [4.78, 5) is 37.5. The normalized spacial score (nSPS) is 14.0. The molecule has 0 radical (unpaired) electrons. The van der Waals surface area contributed by atoms with Crippen LogP contribution in [0, 0.1) is 0 Å². The molecule has 0 bridgehead atoms. The summed E-state index contributed by atoms with van der Waals surface area (Å²) in [5.41, 5.74) is 0. The number of allylic oxidation sites excluding steroid dienone is 6. The van der Waals surface area contributed by atoms with Crippen molar-refractivity contribution in [3.8, 4) is 0 Å². The molecular formula is C44H82NO8P. The number of esters is 2. The molecule has 9 nitrogen and oxygen atoms in total. The minimum atomic E-state index is -4.63. The zero-order valence-electron chi connectivity index (χ0n) is 35.4. The maximum absolute atomic E-state index is 12.7. The fraction of sp³-hybridized carbons (Fsp3) is 0.818. The molecular weight excluding hydrogens is 701 g/mol. The standard InChI is InChI=1S/C44H82NO8P/c1-6-8-10-12-14-16-18-20-22-24-26-28-30-32-34-36-43(46)50-40-42(41-52-54(48,49)51-39-38-45(3,4)5)53-44(47)37-35-33-31-29-27-25-23-21-19-17-15-13-11-9-7-2/h12,14-15,17,21,23,42H,6-11,13,16,18-20,22,24-41H2,1-5H3/b14-12+,17-15+,23-21+/t42-/m1/s1. The first-order valence-electron chi connectivity index (χ1n) is 21.7. The number of likely N-dealkylation sites (N-methyl/N-ethyl adjacent to an activating group) is 1. The number of hydrogen-bond donors (Lipinski definition) is 0. The van der Waals surface area contributed by atoms with Gasteiger partial charge in [-0.1, -0.05) is 140 Å². The number of phosphoric acid groups is 1. The van der Waals surface area contributed by atoms with E-state index in [9.17, 15) is 19.0 Å². The summed E-state index contributed by atoms with van der Waals surface area (Å²) in [6.07, 6.45) is 40.2. The van der Waals surface area contributed by atoms with E-state index in [1.807, 2.05) is 21.1 Å². The fourth-order valence-corrected chi connectivity index (χ4v) is 6.39. The van der Waals surface area contributed by atoms with E-state index in [2.05, 4.69) is 50.3 Å². The third-order valence-electron chi connectivity index (χ3n) is 9.13. The quantitative estimate of drug-likeness (QED) is 0.0199. The van der Waals surface area contributed by atoms with Gasteiger partial charge in [0.05, 0.1) is 27.7 Å². The van der Waals surface area contributed by atoms with Crippen LogP contribution >= 0.6 is 7.82 Å². The van der Waals surface area contributed by atoms with Gasteiger partial charge in [-0.05, 0) is 64.2 Å². The largest absolute Gasteiger partial charge is 0.756 e. The number of carbonyl (C=O) groups excluding carboxylic acids is 2. The second-order valence-electron chi connectivity index (χ2n) is 15.7. The molecule has 0 saturated heterocycles. The molecule has 0 aromatic heterocycles. The average molecular weight is 784 g/mol. The highest BCUT2D eigenvalue weighted by Gasteiger charge is 2.21. The molecule has 54 heavy (non-hydrogen) atoms. The molecule has 10 heteroatoms. The molecule has 1 unspecified atom stereocenters. The van der Waals surface area contributed by atoms with Crippen LogP contribution < -0.4 is 4.89 Å². The molecule has 0 heterocycles. The Bertz CT molecular complexity index is 1020. The minimum Gasteiger partial charge on any atom is -0.756 e. The summed E-state index contributed by atoms with van der Waals surface area (Å²) in [5.74, 6) is -0.853. The van der Waals surface area contributed by atoms with Gasteiger partial charge in [0, 0.05) is 12.8 Å². The van der Waals surface area contributed by atoms with Crippen LogP contribution in [0.3, 0.4) is 0 Å². The Kier molecular flexibility index (Phi) is 35.6. The van der Waals surface area contributed by atoms with Crippen LogP contribution in [-0.2, 0) is 32.7 Å². The van der Waals surface area contributed by atoms with E-state index in [1.54, 1.807) is 0 Å². The number of nitrogens with zero attached hydrogens (tertiary/aromatic N) is 1. The highest BCUT2D eigenvalue weighted by Crippen LogP contribution is 2.38. The van der Waals surface area contributed by atoms with E-state index in [0.29, 0.717) is 17.4 Å². The van der Waals surface area contributed by atoms with Gasteiger partial charge >= 0.3 is 11.9 Å². The molecule has 0 amide bonds. The molecule has 2 atom stereocenters. The lowest BCUT2D eigenvalue weighted by Gasteiger charge is -2.28. The first-order valence-corrected chi connectivity index (χ1v) is 23.2. The van der Waals surface area contributed by atoms with Crippen LogP contribution in [0.2, 0.25) is 0 Å². The van der Waals surface area contributed by atoms with Crippen LogP contribution in [0.1, 0.15) is 181 Å². The van der Waals surface area contributed by atoms with E-state index < -0.39 is 32.5 Å². The predicted octanol–water partition coefficient (Wildman–Crippen LogP) is 11.5. The van der Waals surface area contributed by atoms with Crippen molar-refractivity contribution in [2.24, 2.45) is 0 Å². The highest BCUT2D eigenvalue weighted by atomic mass is 31.2. The maximum Gasteiger partial charge on any atom is 0.306 e. The van der Waals surface area contributed by atoms with Gasteiger partial charge < -0.3 is 27.9 Å². The number of hydrogen-bond acceptors (Lipinski definition) is 8. The molecule has 0 aromatic carbocycles. The maximum atomic E-state index is 12.7. The van der Waals surface area contributed by atoms with Crippen molar-refractivity contribution in [2.45, 2.75) is 187 Å². The smallest absolute Gasteiger partial charge is 0.306 e. The van der Waals surface area contributed by atoms with Gasteiger partial charge in [0.1, 0.15) is 19.8 Å². The summed E-state index contributed by atoms with van der Waals surface area (Å²) in [7, 11) is 1.15. The number of unbranched alkanes of at least 4 members (excludes halogenated alkanes) is 19. The average Bonchev–Trinajstić information content (AvgIpc) is 3.12. The van der Waals surface area contributed by atoms with Crippen LogP contribution in [0.4, 0.5) is 0 Å². The van der Waals surface area contributed by atoms with Crippen LogP contribution in [0.15, 0.2) is 36.5 Å². The van der Waals surface area contributed by atoms with Gasteiger partial charge in [-0.25, -0.2) is 0 Å². The summed E-state index contributed by atoms with van der Waals surface area (Å²) < 4.78 is 33.9. The molecule has 0 aliphatic heterocycles. The summed E-state index contributed by atoms with van der Waals surface area (Å²) >= 11 is 0. The summed E-state index contributed by atoms with van der Waals surface area (Å²) in [5, 5.41) is 0. The number of ether oxygens (including phenoxy) is 2. The number of phosphoric ester groups is 1. The Morgan fingerprint density at radius 1 is 0.574 bits per heavy atom. The van der Waals surface area contributed by atoms with Crippen molar-refractivity contribution >= 4 is 19.8 Å². The van der Waals surface area contributed by atoms with E-state index in [4.69, 9.17) is 18.5 Å². The SMILES string of the molecule is CCCC/C=C/CCCCCCCCCCCC(=O)OC[C@H](COP(=O)([O-])OCC[N+](C)(C)C)OC(=O)CCCCCCC/C=C/C/C=C/CCCCC. The molecule has 0 N–H and O–H groups in total. The predicted molar refractivity (Wildman–Crippen MR) is 222 cm³/mol. The van der Waals surface area contributed by atoms with Crippen molar-refractivity contribution in [2.75, 3.05) is 47.5 Å². The van der Waals surface area contributed by atoms with Gasteiger partial charge in [-0.15, -0.1) is 0 Å². The summed E-state index contributed by atoms with van der Waals surface area (Å²) in [6.45, 7) is 4.15. The van der Waals surface area contributed by atoms with Gasteiger partial charge in [-0.2, -0.15) is 0 Å². The summed E-state index contributed by atoms with van der Waals surface area (Å²) in [6, 6.07) is 0. The number of quaternary nitrogens is 1. The topological polar surface area (TPSA) is 111 Å². The van der Waals surface area contributed by atoms with Crippen molar-refractivity contribution in [1.82, 2.24) is 0 Å². The van der Waals surface area contributed by atoms with E-state index in [0.717, 1.165) is 57.8 Å².